The monoisotopic (exact) mass is 662 g/mol. The molecule has 6 nitrogen and oxygen atoms in total. The zero-order chi connectivity index (χ0) is 34.9. The number of H-pyrrole nitrogens is 2. The van der Waals surface area contributed by atoms with Gasteiger partial charge in [-0.2, -0.15) is 0 Å². The summed E-state index contributed by atoms with van der Waals surface area (Å²) in [7, 11) is 13.5. The van der Waals surface area contributed by atoms with Crippen molar-refractivity contribution in [2.24, 2.45) is 0 Å². The van der Waals surface area contributed by atoms with Crippen molar-refractivity contribution in [3.8, 4) is 22.3 Å². The van der Waals surface area contributed by atoms with Gasteiger partial charge in [0.05, 0.1) is 78.2 Å². The first kappa shape index (κ1) is 33.5. The van der Waals surface area contributed by atoms with Crippen molar-refractivity contribution in [1.82, 2.24) is 19.9 Å². The maximum atomic E-state index is 5.16. The maximum absolute atomic E-state index is 5.16. The number of aromatic amines is 2. The molecule has 0 fully saturated rings. The van der Waals surface area contributed by atoms with Crippen LogP contribution >= 0.6 is 0 Å². The van der Waals surface area contributed by atoms with E-state index >= 15 is 0 Å². The third kappa shape index (κ3) is 8.05. The van der Waals surface area contributed by atoms with E-state index in [4.69, 9.17) is 9.97 Å². The fraction of sp³-hybridized carbons (Fsp3) is 0.273. The lowest BCUT2D eigenvalue weighted by molar-refractivity contribution is -0.870. The van der Waals surface area contributed by atoms with Crippen LogP contribution in [-0.4, -0.2) is 84.3 Å². The van der Waals surface area contributed by atoms with Gasteiger partial charge in [-0.05, 0) is 95.8 Å². The zero-order valence-corrected chi connectivity index (χ0v) is 30.4. The van der Waals surface area contributed by atoms with Gasteiger partial charge in [0.25, 0.3) is 0 Å². The summed E-state index contributed by atoms with van der Waals surface area (Å²) in [6.45, 7) is 2.28. The molecule has 2 aromatic carbocycles. The molecule has 0 unspecified atom stereocenters. The Hall–Kier alpha value is -5.04. The van der Waals surface area contributed by atoms with Crippen molar-refractivity contribution in [2.75, 3.05) is 55.4 Å². The van der Waals surface area contributed by atoms with Crippen molar-refractivity contribution in [3.05, 3.63) is 119 Å². The van der Waals surface area contributed by atoms with Crippen LogP contribution in [0.5, 0.6) is 0 Å². The highest BCUT2D eigenvalue weighted by atomic mass is 15.3. The summed E-state index contributed by atoms with van der Waals surface area (Å²) < 4.78 is 1.95. The first-order chi connectivity index (χ1) is 24.0. The van der Waals surface area contributed by atoms with E-state index in [1.807, 2.05) is 0 Å². The summed E-state index contributed by atoms with van der Waals surface area (Å²) >= 11 is 0. The molecule has 5 aromatic rings. The molecule has 2 N–H and O–H groups in total. The van der Waals surface area contributed by atoms with Crippen LogP contribution in [0.4, 0.5) is 0 Å². The van der Waals surface area contributed by atoms with E-state index in [0.29, 0.717) is 0 Å². The average Bonchev–Trinajstić information content (AvgIpc) is 3.87. The van der Waals surface area contributed by atoms with Crippen LogP contribution in [0.3, 0.4) is 0 Å². The number of rotatable bonds is 10. The van der Waals surface area contributed by atoms with Gasteiger partial charge in [-0.1, -0.05) is 48.5 Å². The molecule has 50 heavy (non-hydrogen) atoms. The van der Waals surface area contributed by atoms with E-state index in [1.165, 1.54) is 16.7 Å². The first-order valence-electron chi connectivity index (χ1n) is 17.9. The minimum Gasteiger partial charge on any atom is -0.355 e. The van der Waals surface area contributed by atoms with Gasteiger partial charge in [0.15, 0.2) is 0 Å². The van der Waals surface area contributed by atoms with E-state index in [2.05, 4.69) is 161 Å². The van der Waals surface area contributed by atoms with Crippen molar-refractivity contribution in [3.63, 3.8) is 0 Å². The first-order valence-corrected chi connectivity index (χ1v) is 17.9. The van der Waals surface area contributed by atoms with Crippen LogP contribution in [0.1, 0.15) is 46.7 Å². The normalized spacial score (nSPS) is 12.9. The highest BCUT2D eigenvalue weighted by Crippen LogP contribution is 2.33. The van der Waals surface area contributed by atoms with Crippen molar-refractivity contribution in [2.45, 2.75) is 25.7 Å². The number of hydrogen-bond donors (Lipinski definition) is 2. The molecule has 2 aliphatic rings. The molecule has 5 heterocycles. The molecule has 0 saturated heterocycles. The van der Waals surface area contributed by atoms with E-state index in [0.717, 1.165) is 109 Å². The number of aromatic nitrogens is 4. The van der Waals surface area contributed by atoms with Gasteiger partial charge in [0.1, 0.15) is 0 Å². The van der Waals surface area contributed by atoms with Gasteiger partial charge in [-0.25, -0.2) is 9.97 Å². The molecule has 7 rings (SSSR count). The summed E-state index contributed by atoms with van der Waals surface area (Å²) in [6, 6.07) is 30.9. The second-order valence-electron chi connectivity index (χ2n) is 15.8. The molecule has 3 aromatic heterocycles. The Kier molecular flexibility index (Phi) is 9.17. The Morgan fingerprint density at radius 3 is 1.42 bits per heavy atom. The molecule has 8 bridgehead atoms. The van der Waals surface area contributed by atoms with Crippen LogP contribution < -0.4 is 0 Å². The van der Waals surface area contributed by atoms with Crippen LogP contribution in [0.15, 0.2) is 84.9 Å². The maximum Gasteiger partial charge on any atom is 0.0783 e. The summed E-state index contributed by atoms with van der Waals surface area (Å²) in [4.78, 5) is 17.7. The van der Waals surface area contributed by atoms with Crippen LogP contribution in [-0.2, 0) is 12.8 Å². The second-order valence-corrected chi connectivity index (χ2v) is 15.8. The Labute approximate surface area is 296 Å². The zero-order valence-electron chi connectivity index (χ0n) is 30.4. The Balaban J connectivity index is 1.35. The molecule has 0 aliphatic carbocycles. The number of hydrogen-bond acceptors (Lipinski definition) is 2. The smallest absolute Gasteiger partial charge is 0.0783 e. The van der Waals surface area contributed by atoms with E-state index in [-0.39, 0.29) is 0 Å². The number of nitrogens with zero attached hydrogens (tertiary/aromatic N) is 4. The number of quaternary nitrogens is 2. The molecular weight excluding hydrogens is 613 g/mol. The van der Waals surface area contributed by atoms with E-state index in [1.54, 1.807) is 0 Å². The van der Waals surface area contributed by atoms with Gasteiger partial charge in [0, 0.05) is 46.0 Å². The Morgan fingerprint density at radius 2 is 0.960 bits per heavy atom. The minimum absolute atomic E-state index is 0.915. The Morgan fingerprint density at radius 1 is 0.500 bits per heavy atom. The van der Waals surface area contributed by atoms with Crippen molar-refractivity contribution < 1.29 is 8.97 Å². The number of fused-ring (bicyclic) bond motifs is 8. The third-order valence-corrected chi connectivity index (χ3v) is 9.42. The van der Waals surface area contributed by atoms with Gasteiger partial charge in [0.2, 0.25) is 0 Å². The molecule has 254 valence electrons. The SMILES string of the molecule is C[N+](C)(C)CCCc1cccc(-c2c3nc(cc4ccc([nH]4)c(-c4cccc(CCC[N+](C)(C)C)c4)c4ccc(cc5nc2C=C5)[nH]4)C=C3)c1. The largest absolute Gasteiger partial charge is 0.355 e. The standard InChI is InChI=1S/C44H50N6/c1-49(2,3)25-9-13-31-11-7-15-33(27-31)43-39-21-17-35(45-39)29-37-19-23-41(47-37)44(34-16-8-12-32(28-34)14-10-26-50(4,5)6)42-24-20-38(48-42)30-36-18-22-40(43)46-36/h7-8,11-12,15-24,27-30,45-46H,9-10,13-14,25-26H2,1-6H3/q+2. The lowest BCUT2D eigenvalue weighted by Crippen LogP contribution is -2.35. The number of aryl methyl sites for hydroxylation is 2. The molecule has 0 amide bonds. The molecule has 6 heteroatoms. The minimum atomic E-state index is 0.915. The third-order valence-electron chi connectivity index (χ3n) is 9.42. The summed E-state index contributed by atoms with van der Waals surface area (Å²) in [5.41, 5.74) is 15.1. The lowest BCUT2D eigenvalue weighted by Gasteiger charge is -2.23. The number of benzene rings is 2. The van der Waals surface area contributed by atoms with Crippen molar-refractivity contribution in [1.29, 1.82) is 0 Å². The molecule has 0 atom stereocenters. The van der Waals surface area contributed by atoms with Crippen LogP contribution in [0.25, 0.3) is 68.6 Å². The fourth-order valence-electron chi connectivity index (χ4n) is 6.96. The molecule has 0 saturated carbocycles. The van der Waals surface area contributed by atoms with Gasteiger partial charge >= 0.3 is 0 Å². The highest BCUT2D eigenvalue weighted by Gasteiger charge is 2.16. The quantitative estimate of drug-likeness (QED) is 0.144. The van der Waals surface area contributed by atoms with Gasteiger partial charge in [-0.3, -0.25) is 0 Å². The fourth-order valence-corrected chi connectivity index (χ4v) is 6.96. The van der Waals surface area contributed by atoms with Gasteiger partial charge in [-0.15, -0.1) is 0 Å². The topological polar surface area (TPSA) is 57.4 Å². The molecule has 0 spiro atoms. The van der Waals surface area contributed by atoms with E-state index < -0.39 is 0 Å². The highest BCUT2D eigenvalue weighted by molar-refractivity contribution is 5.94. The summed E-state index contributed by atoms with van der Waals surface area (Å²) in [6.07, 6.45) is 12.9. The van der Waals surface area contributed by atoms with E-state index in [9.17, 15) is 0 Å². The summed E-state index contributed by atoms with van der Waals surface area (Å²) in [5, 5.41) is 0. The molecular formula is C44H50N6+2. The predicted octanol–water partition coefficient (Wildman–Crippen LogP) is 9.27. The second kappa shape index (κ2) is 13.7. The van der Waals surface area contributed by atoms with Crippen molar-refractivity contribution >= 4 is 46.4 Å². The summed E-state index contributed by atoms with van der Waals surface area (Å²) in [5.74, 6) is 0. The average molecular weight is 663 g/mol. The lowest BCUT2D eigenvalue weighted by atomic mass is 9.98. The predicted molar refractivity (Wildman–Crippen MR) is 212 cm³/mol. The van der Waals surface area contributed by atoms with Crippen LogP contribution in [0, 0.1) is 0 Å². The van der Waals surface area contributed by atoms with Gasteiger partial charge < -0.3 is 18.9 Å². The molecule has 0 radical (unpaired) electrons. The Bertz CT molecular complexity index is 2160. The molecule has 2 aliphatic heterocycles. The number of nitrogens with one attached hydrogen (secondary N) is 2. The van der Waals surface area contributed by atoms with Crippen LogP contribution in [0.2, 0.25) is 0 Å².